The standard InChI is InChI=1S/C11H15N3O2S/c1-7(2)6-9(15)13-14-10(16)8-4-3-5-12-11(8)17/h3-5,7H,6H2,1-2H3,(H,12,17)(H,13,15)(H,14,16). The highest BCUT2D eigenvalue weighted by Gasteiger charge is 2.09. The first-order chi connectivity index (χ1) is 8.00. The van der Waals surface area contributed by atoms with Crippen molar-refractivity contribution in [2.24, 2.45) is 5.92 Å². The van der Waals surface area contributed by atoms with E-state index in [2.05, 4.69) is 15.8 Å². The molecule has 1 aromatic rings. The summed E-state index contributed by atoms with van der Waals surface area (Å²) in [6, 6.07) is 3.25. The quantitative estimate of drug-likeness (QED) is 0.565. The summed E-state index contributed by atoms with van der Waals surface area (Å²) in [4.78, 5) is 25.7. The zero-order valence-corrected chi connectivity index (χ0v) is 10.6. The summed E-state index contributed by atoms with van der Waals surface area (Å²) in [5.74, 6) is -0.408. The van der Waals surface area contributed by atoms with Crippen LogP contribution in [-0.2, 0) is 4.79 Å². The van der Waals surface area contributed by atoms with Crippen molar-refractivity contribution >= 4 is 24.0 Å². The summed E-state index contributed by atoms with van der Waals surface area (Å²) in [7, 11) is 0. The van der Waals surface area contributed by atoms with E-state index in [1.54, 1.807) is 18.3 Å². The third-order valence-corrected chi connectivity index (χ3v) is 2.31. The third-order valence-electron chi connectivity index (χ3n) is 1.97. The zero-order chi connectivity index (χ0) is 12.8. The Labute approximate surface area is 105 Å². The molecule has 0 radical (unpaired) electrons. The highest BCUT2D eigenvalue weighted by Crippen LogP contribution is 1.99. The van der Waals surface area contributed by atoms with Gasteiger partial charge < -0.3 is 4.98 Å². The topological polar surface area (TPSA) is 74.0 Å². The average Bonchev–Trinajstić information content (AvgIpc) is 2.25. The van der Waals surface area contributed by atoms with E-state index in [0.717, 1.165) is 0 Å². The Morgan fingerprint density at radius 2 is 2.12 bits per heavy atom. The van der Waals surface area contributed by atoms with Crippen molar-refractivity contribution in [2.45, 2.75) is 20.3 Å². The van der Waals surface area contributed by atoms with Crippen molar-refractivity contribution in [3.63, 3.8) is 0 Å². The minimum absolute atomic E-state index is 0.223. The van der Waals surface area contributed by atoms with Gasteiger partial charge in [-0.05, 0) is 18.1 Å². The lowest BCUT2D eigenvalue weighted by Crippen LogP contribution is -2.42. The lowest BCUT2D eigenvalue weighted by atomic mass is 10.1. The number of aromatic nitrogens is 1. The Bertz CT molecular complexity index is 468. The Morgan fingerprint density at radius 1 is 1.41 bits per heavy atom. The summed E-state index contributed by atoms with van der Waals surface area (Å²) in [6.45, 7) is 3.85. The van der Waals surface area contributed by atoms with E-state index in [4.69, 9.17) is 12.2 Å². The Balaban J connectivity index is 2.54. The molecule has 1 heterocycles. The second kappa shape index (κ2) is 6.15. The van der Waals surface area contributed by atoms with Crippen LogP contribution in [0.3, 0.4) is 0 Å². The van der Waals surface area contributed by atoms with Gasteiger partial charge in [0.1, 0.15) is 4.64 Å². The molecule has 0 aliphatic carbocycles. The van der Waals surface area contributed by atoms with Crippen LogP contribution in [0.15, 0.2) is 18.3 Å². The van der Waals surface area contributed by atoms with E-state index in [-0.39, 0.29) is 11.8 Å². The van der Waals surface area contributed by atoms with Crippen molar-refractivity contribution in [2.75, 3.05) is 0 Å². The second-order valence-electron chi connectivity index (χ2n) is 4.01. The molecule has 0 aliphatic heterocycles. The van der Waals surface area contributed by atoms with Crippen LogP contribution in [0.5, 0.6) is 0 Å². The van der Waals surface area contributed by atoms with E-state index in [9.17, 15) is 9.59 Å². The summed E-state index contributed by atoms with van der Waals surface area (Å²) < 4.78 is 0.336. The fourth-order valence-electron chi connectivity index (χ4n) is 1.22. The Hall–Kier alpha value is -1.69. The van der Waals surface area contributed by atoms with E-state index in [1.165, 1.54) is 0 Å². The highest BCUT2D eigenvalue weighted by atomic mass is 32.1. The molecule has 1 aromatic heterocycles. The molecule has 0 saturated heterocycles. The molecule has 92 valence electrons. The molecule has 0 atom stereocenters. The van der Waals surface area contributed by atoms with Gasteiger partial charge >= 0.3 is 0 Å². The smallest absolute Gasteiger partial charge is 0.272 e. The van der Waals surface area contributed by atoms with Crippen LogP contribution in [0.2, 0.25) is 0 Å². The monoisotopic (exact) mass is 253 g/mol. The van der Waals surface area contributed by atoms with E-state index in [0.29, 0.717) is 16.6 Å². The molecule has 0 aliphatic rings. The molecular formula is C11H15N3O2S. The second-order valence-corrected chi connectivity index (χ2v) is 4.42. The molecule has 0 fully saturated rings. The summed E-state index contributed by atoms with van der Waals surface area (Å²) >= 11 is 4.95. The number of nitrogens with one attached hydrogen (secondary N) is 3. The summed E-state index contributed by atoms with van der Waals surface area (Å²) in [6.07, 6.45) is 2.00. The number of hydrazine groups is 1. The van der Waals surface area contributed by atoms with Gasteiger partial charge in [0.2, 0.25) is 5.91 Å². The molecule has 0 unspecified atom stereocenters. The zero-order valence-electron chi connectivity index (χ0n) is 9.74. The molecule has 5 nitrogen and oxygen atoms in total. The fraction of sp³-hybridized carbons (Fsp3) is 0.364. The normalized spacial score (nSPS) is 10.1. The number of amides is 2. The number of carbonyl (C=O) groups is 2. The number of rotatable bonds is 3. The number of H-pyrrole nitrogens is 1. The van der Waals surface area contributed by atoms with Gasteiger partial charge in [-0.3, -0.25) is 20.4 Å². The maximum atomic E-state index is 11.6. The largest absolute Gasteiger partial charge is 0.352 e. The van der Waals surface area contributed by atoms with Crippen LogP contribution in [0.1, 0.15) is 30.6 Å². The molecule has 0 bridgehead atoms. The van der Waals surface area contributed by atoms with Crippen LogP contribution in [0, 0.1) is 10.6 Å². The summed E-state index contributed by atoms with van der Waals surface area (Å²) in [5, 5.41) is 0. The van der Waals surface area contributed by atoms with Crippen molar-refractivity contribution in [3.8, 4) is 0 Å². The van der Waals surface area contributed by atoms with E-state index in [1.807, 2.05) is 13.8 Å². The van der Waals surface area contributed by atoms with E-state index >= 15 is 0 Å². The number of hydrogen-bond donors (Lipinski definition) is 3. The van der Waals surface area contributed by atoms with Crippen LogP contribution in [0.25, 0.3) is 0 Å². The van der Waals surface area contributed by atoms with Gasteiger partial charge in [0, 0.05) is 12.6 Å². The van der Waals surface area contributed by atoms with Gasteiger partial charge in [0.15, 0.2) is 0 Å². The lowest BCUT2D eigenvalue weighted by molar-refractivity contribution is -0.122. The fourth-order valence-corrected chi connectivity index (χ4v) is 1.44. The maximum Gasteiger partial charge on any atom is 0.272 e. The van der Waals surface area contributed by atoms with Crippen molar-refractivity contribution in [3.05, 3.63) is 28.5 Å². The molecule has 6 heteroatoms. The maximum absolute atomic E-state index is 11.6. The van der Waals surface area contributed by atoms with Crippen LogP contribution < -0.4 is 10.9 Å². The van der Waals surface area contributed by atoms with E-state index < -0.39 is 5.91 Å². The first-order valence-electron chi connectivity index (χ1n) is 5.27. The van der Waals surface area contributed by atoms with Crippen LogP contribution in [-0.4, -0.2) is 16.8 Å². The summed E-state index contributed by atoms with van der Waals surface area (Å²) in [5.41, 5.74) is 4.99. The van der Waals surface area contributed by atoms with Crippen LogP contribution in [0.4, 0.5) is 0 Å². The van der Waals surface area contributed by atoms with Gasteiger partial charge in [-0.25, -0.2) is 0 Å². The Kier molecular flexibility index (Phi) is 4.84. The minimum Gasteiger partial charge on any atom is -0.352 e. The molecule has 3 N–H and O–H groups in total. The average molecular weight is 253 g/mol. The number of pyridine rings is 1. The number of hydrogen-bond acceptors (Lipinski definition) is 3. The van der Waals surface area contributed by atoms with Gasteiger partial charge in [0.05, 0.1) is 5.56 Å². The van der Waals surface area contributed by atoms with Crippen LogP contribution >= 0.6 is 12.2 Å². The van der Waals surface area contributed by atoms with Gasteiger partial charge in [-0.2, -0.15) is 0 Å². The van der Waals surface area contributed by atoms with Crippen molar-refractivity contribution < 1.29 is 9.59 Å². The van der Waals surface area contributed by atoms with Crippen molar-refractivity contribution in [1.29, 1.82) is 0 Å². The van der Waals surface area contributed by atoms with Gasteiger partial charge in [0.25, 0.3) is 5.91 Å². The predicted octanol–water partition coefficient (Wildman–Crippen LogP) is 1.55. The molecule has 0 aromatic carbocycles. The van der Waals surface area contributed by atoms with Gasteiger partial charge in [-0.15, -0.1) is 0 Å². The minimum atomic E-state index is -0.427. The molecule has 0 spiro atoms. The third kappa shape index (κ3) is 4.36. The van der Waals surface area contributed by atoms with Gasteiger partial charge in [-0.1, -0.05) is 26.1 Å². The first-order valence-corrected chi connectivity index (χ1v) is 5.68. The number of carbonyl (C=O) groups excluding carboxylic acids is 2. The predicted molar refractivity (Wildman–Crippen MR) is 66.7 cm³/mol. The molecular weight excluding hydrogens is 238 g/mol. The molecule has 17 heavy (non-hydrogen) atoms. The lowest BCUT2D eigenvalue weighted by Gasteiger charge is -2.08. The molecule has 2 amide bonds. The SMILES string of the molecule is CC(C)CC(=O)NNC(=O)c1ccc[nH]c1=S. The highest BCUT2D eigenvalue weighted by molar-refractivity contribution is 7.71. The Morgan fingerprint density at radius 3 is 2.71 bits per heavy atom. The molecule has 1 rings (SSSR count). The number of aromatic amines is 1. The first kappa shape index (κ1) is 13.4. The molecule has 0 saturated carbocycles. The van der Waals surface area contributed by atoms with Crippen molar-refractivity contribution in [1.82, 2.24) is 15.8 Å².